The van der Waals surface area contributed by atoms with Crippen LogP contribution in [-0.2, 0) is 0 Å². The van der Waals surface area contributed by atoms with Gasteiger partial charge in [-0.1, -0.05) is 200 Å². The molecule has 0 saturated heterocycles. The lowest BCUT2D eigenvalue weighted by atomic mass is 9.63. The molecule has 7 saturated carbocycles. The van der Waals surface area contributed by atoms with Gasteiger partial charge in [0, 0.05) is 0 Å². The fraction of sp³-hybridized carbons (Fsp3) is 1.00. The fourth-order valence-corrected chi connectivity index (χ4v) is 16.5. The van der Waals surface area contributed by atoms with Crippen molar-refractivity contribution >= 4 is 0 Å². The van der Waals surface area contributed by atoms with Crippen molar-refractivity contribution in [2.24, 2.45) is 82.9 Å². The third-order valence-electron chi connectivity index (χ3n) is 20.7. The van der Waals surface area contributed by atoms with E-state index in [-0.39, 0.29) is 0 Å². The average Bonchev–Trinajstić information content (AvgIpc) is 3.29. The summed E-state index contributed by atoms with van der Waals surface area (Å²) in [6.07, 6.45) is 65.6. The van der Waals surface area contributed by atoms with Gasteiger partial charge in [-0.15, -0.1) is 0 Å². The Morgan fingerprint density at radius 1 is 0.224 bits per heavy atom. The standard InChI is InChI=1S/C58H104/c1-3-5-7-9-12-45-20-32-51(33-21-45)53-36-24-47(25-37-53)16-18-49-28-40-55(41-29-49)57-14-11-15-58(44-57)56-42-30-50(31-43-56)19-17-48-26-38-54(39-27-48)52-34-22-46(23-35-52)13-10-8-6-4-2/h45-58H,3-44H2,1-2H3. The molecule has 0 nitrogen and oxygen atoms in total. The Kier molecular flexibility index (Phi) is 20.1. The lowest BCUT2D eigenvalue weighted by Crippen LogP contribution is -2.31. The van der Waals surface area contributed by atoms with Gasteiger partial charge < -0.3 is 0 Å². The lowest BCUT2D eigenvalue weighted by molar-refractivity contribution is 0.0877. The van der Waals surface area contributed by atoms with Crippen LogP contribution in [0.25, 0.3) is 0 Å². The van der Waals surface area contributed by atoms with Gasteiger partial charge in [-0.25, -0.2) is 0 Å². The summed E-state index contributed by atoms with van der Waals surface area (Å²) >= 11 is 0. The molecule has 58 heavy (non-hydrogen) atoms. The molecule has 7 rings (SSSR count). The first kappa shape index (κ1) is 46.0. The summed E-state index contributed by atoms with van der Waals surface area (Å²) in [5, 5.41) is 0. The molecule has 0 heteroatoms. The molecule has 2 atom stereocenters. The summed E-state index contributed by atoms with van der Waals surface area (Å²) in [7, 11) is 0. The maximum absolute atomic E-state index is 2.35. The number of rotatable bonds is 20. The average molecular weight is 801 g/mol. The minimum absolute atomic E-state index is 1.08. The first-order valence-corrected chi connectivity index (χ1v) is 28.6. The summed E-state index contributed by atoms with van der Waals surface area (Å²) in [6, 6.07) is 0. The van der Waals surface area contributed by atoms with Crippen LogP contribution >= 0.6 is 0 Å². The molecule has 2 unspecified atom stereocenters. The van der Waals surface area contributed by atoms with Crippen molar-refractivity contribution in [1.29, 1.82) is 0 Å². The van der Waals surface area contributed by atoms with Gasteiger partial charge >= 0.3 is 0 Å². The van der Waals surface area contributed by atoms with E-state index < -0.39 is 0 Å². The monoisotopic (exact) mass is 801 g/mol. The maximum atomic E-state index is 2.35. The molecule has 0 aliphatic heterocycles. The molecular weight excluding hydrogens is 697 g/mol. The zero-order valence-corrected chi connectivity index (χ0v) is 39.8. The summed E-state index contributed by atoms with van der Waals surface area (Å²) in [5.41, 5.74) is 0. The fourth-order valence-electron chi connectivity index (χ4n) is 16.5. The van der Waals surface area contributed by atoms with Gasteiger partial charge in [0.15, 0.2) is 0 Å². The van der Waals surface area contributed by atoms with Crippen molar-refractivity contribution in [2.45, 2.75) is 284 Å². The third kappa shape index (κ3) is 14.5. The van der Waals surface area contributed by atoms with E-state index in [9.17, 15) is 0 Å². The predicted molar refractivity (Wildman–Crippen MR) is 254 cm³/mol. The van der Waals surface area contributed by atoms with E-state index in [1.54, 1.807) is 218 Å². The summed E-state index contributed by atoms with van der Waals surface area (Å²) < 4.78 is 0. The van der Waals surface area contributed by atoms with Gasteiger partial charge in [0.05, 0.1) is 0 Å². The van der Waals surface area contributed by atoms with Crippen molar-refractivity contribution in [3.63, 3.8) is 0 Å². The molecule has 0 spiro atoms. The van der Waals surface area contributed by atoms with Gasteiger partial charge in [-0.2, -0.15) is 0 Å². The van der Waals surface area contributed by atoms with E-state index in [4.69, 9.17) is 0 Å². The second kappa shape index (κ2) is 25.3. The highest BCUT2D eigenvalue weighted by atomic mass is 14.4. The lowest BCUT2D eigenvalue weighted by Gasteiger charge is -2.42. The van der Waals surface area contributed by atoms with Crippen molar-refractivity contribution in [3.05, 3.63) is 0 Å². The smallest absolute Gasteiger partial charge is 0.0383 e. The highest BCUT2D eigenvalue weighted by Gasteiger charge is 2.37. The van der Waals surface area contributed by atoms with Crippen LogP contribution < -0.4 is 0 Å². The number of hydrogen-bond donors (Lipinski definition) is 0. The van der Waals surface area contributed by atoms with Crippen LogP contribution in [-0.4, -0.2) is 0 Å². The van der Waals surface area contributed by atoms with Crippen LogP contribution in [0, 0.1) is 82.9 Å². The van der Waals surface area contributed by atoms with Crippen molar-refractivity contribution < 1.29 is 0 Å². The molecule has 0 radical (unpaired) electrons. The maximum Gasteiger partial charge on any atom is -0.0383 e. The first-order chi connectivity index (χ1) is 28.6. The molecule has 0 heterocycles. The van der Waals surface area contributed by atoms with Gasteiger partial charge in [0.2, 0.25) is 0 Å². The van der Waals surface area contributed by atoms with Gasteiger partial charge in [0.1, 0.15) is 0 Å². The van der Waals surface area contributed by atoms with E-state index in [2.05, 4.69) is 13.8 Å². The highest BCUT2D eigenvalue weighted by Crippen LogP contribution is 2.49. The minimum atomic E-state index is 1.08. The molecule has 0 aromatic rings. The van der Waals surface area contributed by atoms with Crippen molar-refractivity contribution in [1.82, 2.24) is 0 Å². The SMILES string of the molecule is CCCCCCC1CCC(C2CCC(CCC3CCC(C4CCCC(C5CCC(CCC6CCC(C7CCC(CCCCCC)CC7)CC6)CC5)C4)CC3)CC2)CC1. The number of hydrogen-bond acceptors (Lipinski definition) is 0. The van der Waals surface area contributed by atoms with Crippen LogP contribution in [0.15, 0.2) is 0 Å². The Labute approximate surface area is 365 Å². The second-order valence-corrected chi connectivity index (χ2v) is 24.2. The largest absolute Gasteiger partial charge is 0.0654 e. The third-order valence-corrected chi connectivity index (χ3v) is 20.7. The zero-order valence-electron chi connectivity index (χ0n) is 39.8. The van der Waals surface area contributed by atoms with Crippen molar-refractivity contribution in [2.75, 3.05) is 0 Å². The molecular formula is C58H104. The molecule has 0 amide bonds. The molecule has 7 aliphatic carbocycles. The van der Waals surface area contributed by atoms with Crippen LogP contribution in [0.5, 0.6) is 0 Å². The van der Waals surface area contributed by atoms with E-state index in [1.165, 1.54) is 51.4 Å². The summed E-state index contributed by atoms with van der Waals surface area (Å²) in [4.78, 5) is 0. The van der Waals surface area contributed by atoms with Crippen LogP contribution in [0.3, 0.4) is 0 Å². The zero-order chi connectivity index (χ0) is 39.8. The van der Waals surface area contributed by atoms with E-state index in [0.717, 1.165) is 82.9 Å². The highest BCUT2D eigenvalue weighted by molar-refractivity contribution is 4.89. The molecule has 7 aliphatic rings. The first-order valence-electron chi connectivity index (χ1n) is 28.6. The van der Waals surface area contributed by atoms with Gasteiger partial charge in [-0.3, -0.25) is 0 Å². The van der Waals surface area contributed by atoms with Crippen LogP contribution in [0.1, 0.15) is 284 Å². The molecule has 0 N–H and O–H groups in total. The van der Waals surface area contributed by atoms with Crippen LogP contribution in [0.2, 0.25) is 0 Å². The van der Waals surface area contributed by atoms with E-state index >= 15 is 0 Å². The Balaban J connectivity index is 0.700. The molecule has 0 aromatic carbocycles. The second-order valence-electron chi connectivity index (χ2n) is 24.2. The van der Waals surface area contributed by atoms with Gasteiger partial charge in [-0.05, 0) is 166 Å². The van der Waals surface area contributed by atoms with Crippen molar-refractivity contribution in [3.8, 4) is 0 Å². The summed E-state index contributed by atoms with van der Waals surface area (Å²) in [5.74, 6) is 15.3. The summed E-state index contributed by atoms with van der Waals surface area (Å²) in [6.45, 7) is 4.70. The Morgan fingerprint density at radius 3 is 0.724 bits per heavy atom. The number of unbranched alkanes of at least 4 members (excludes halogenated alkanes) is 6. The quantitative estimate of drug-likeness (QED) is 0.108. The molecule has 336 valence electrons. The molecule has 7 fully saturated rings. The van der Waals surface area contributed by atoms with Gasteiger partial charge in [0.25, 0.3) is 0 Å². The Bertz CT molecular complexity index is 944. The van der Waals surface area contributed by atoms with Crippen LogP contribution in [0.4, 0.5) is 0 Å². The van der Waals surface area contributed by atoms with E-state index in [1.807, 2.05) is 0 Å². The normalized spacial score (nSPS) is 40.7. The Hall–Kier alpha value is 0. The molecule has 0 aromatic heterocycles. The van der Waals surface area contributed by atoms with E-state index in [0.29, 0.717) is 0 Å². The minimum Gasteiger partial charge on any atom is -0.0654 e. The topological polar surface area (TPSA) is 0 Å². The predicted octanol–water partition coefficient (Wildman–Crippen LogP) is 19.1. The Morgan fingerprint density at radius 2 is 0.466 bits per heavy atom. The molecule has 0 bridgehead atoms.